The van der Waals surface area contributed by atoms with Crippen LogP contribution in [-0.4, -0.2) is 53.7 Å². The highest BCUT2D eigenvalue weighted by atomic mass is 16.1. The van der Waals surface area contributed by atoms with Gasteiger partial charge in [-0.2, -0.15) is 5.10 Å². The van der Waals surface area contributed by atoms with Crippen LogP contribution in [0, 0.1) is 0 Å². The van der Waals surface area contributed by atoms with Crippen LogP contribution in [0.4, 0.5) is 0 Å². The van der Waals surface area contributed by atoms with Crippen LogP contribution in [0.3, 0.4) is 0 Å². The van der Waals surface area contributed by atoms with Crippen molar-refractivity contribution in [1.82, 2.24) is 25.7 Å². The highest BCUT2D eigenvalue weighted by Gasteiger charge is 2.21. The fourth-order valence-corrected chi connectivity index (χ4v) is 2.36. The molecule has 2 heterocycles. The molecule has 0 bridgehead atoms. The molecule has 2 rings (SSSR count). The number of hydrogen-bond acceptors (Lipinski definition) is 4. The third-order valence-electron chi connectivity index (χ3n) is 3.63. The second-order valence-electron chi connectivity index (χ2n) is 4.74. The molecule has 1 aromatic rings. The van der Waals surface area contributed by atoms with Crippen molar-refractivity contribution >= 4 is 5.91 Å². The highest BCUT2D eigenvalue weighted by molar-refractivity contribution is 5.94. The van der Waals surface area contributed by atoms with Gasteiger partial charge in [0.2, 0.25) is 0 Å². The maximum Gasteiger partial charge on any atom is 0.272 e. The summed E-state index contributed by atoms with van der Waals surface area (Å²) in [5.41, 5.74) is 2.65. The molecule has 6 heteroatoms. The van der Waals surface area contributed by atoms with Gasteiger partial charge in [-0.1, -0.05) is 13.8 Å². The number of hydrogen-bond donors (Lipinski definition) is 3. The molecular weight excluding hydrogens is 242 g/mol. The Bertz CT molecular complexity index is 425. The summed E-state index contributed by atoms with van der Waals surface area (Å²) in [5.74, 6) is -0.0756. The van der Waals surface area contributed by atoms with E-state index in [-0.39, 0.29) is 5.91 Å². The average molecular weight is 265 g/mol. The van der Waals surface area contributed by atoms with Crippen LogP contribution >= 0.6 is 0 Å². The third-order valence-corrected chi connectivity index (χ3v) is 3.63. The predicted octanol–water partition coefficient (Wildman–Crippen LogP) is 0.127. The van der Waals surface area contributed by atoms with Gasteiger partial charge in [-0.05, 0) is 13.1 Å². The van der Waals surface area contributed by atoms with Crippen molar-refractivity contribution in [2.24, 2.45) is 0 Å². The summed E-state index contributed by atoms with van der Waals surface area (Å²) < 4.78 is 0. The summed E-state index contributed by atoms with van der Waals surface area (Å²) >= 11 is 0. The Hall–Kier alpha value is -1.40. The molecule has 1 amide bonds. The molecule has 0 aliphatic carbocycles. The largest absolute Gasteiger partial charge is 0.349 e. The van der Waals surface area contributed by atoms with Gasteiger partial charge in [0.15, 0.2) is 5.69 Å². The first-order valence-electron chi connectivity index (χ1n) is 7.03. The number of likely N-dealkylation sites (N-methyl/N-ethyl adjacent to an activating group) is 1. The minimum Gasteiger partial charge on any atom is -0.349 e. The molecule has 6 nitrogen and oxygen atoms in total. The lowest BCUT2D eigenvalue weighted by molar-refractivity contribution is 0.0942. The molecule has 0 spiro atoms. The lowest BCUT2D eigenvalue weighted by atomic mass is 10.1. The molecule has 106 valence electrons. The predicted molar refractivity (Wildman–Crippen MR) is 74.1 cm³/mol. The zero-order chi connectivity index (χ0) is 13.7. The van der Waals surface area contributed by atoms with Gasteiger partial charge in [-0.15, -0.1) is 0 Å². The fourth-order valence-electron chi connectivity index (χ4n) is 2.36. The molecular formula is C13H23N5O. The SMILES string of the molecule is CCN(CC)CCNC(=O)c1n[nH]c2c1CNCC2. The summed E-state index contributed by atoms with van der Waals surface area (Å²) in [6.45, 7) is 9.48. The first kappa shape index (κ1) is 14.0. The molecule has 1 aliphatic rings. The van der Waals surface area contributed by atoms with Crippen LogP contribution in [-0.2, 0) is 13.0 Å². The van der Waals surface area contributed by atoms with E-state index >= 15 is 0 Å². The molecule has 1 aliphatic heterocycles. The second kappa shape index (κ2) is 6.68. The van der Waals surface area contributed by atoms with Crippen molar-refractivity contribution < 1.29 is 4.79 Å². The number of aromatic amines is 1. The van der Waals surface area contributed by atoms with Gasteiger partial charge in [0.05, 0.1) is 0 Å². The first-order chi connectivity index (χ1) is 9.26. The summed E-state index contributed by atoms with van der Waals surface area (Å²) in [4.78, 5) is 14.4. The molecule has 1 aromatic heterocycles. The number of aromatic nitrogens is 2. The number of carbonyl (C=O) groups excluding carboxylic acids is 1. The minimum atomic E-state index is -0.0756. The molecule has 3 N–H and O–H groups in total. The van der Waals surface area contributed by atoms with Crippen LogP contribution in [0.5, 0.6) is 0 Å². The maximum atomic E-state index is 12.1. The van der Waals surface area contributed by atoms with Crippen molar-refractivity contribution in [2.45, 2.75) is 26.8 Å². The lowest BCUT2D eigenvalue weighted by Gasteiger charge is -2.18. The van der Waals surface area contributed by atoms with Crippen LogP contribution in [0.2, 0.25) is 0 Å². The topological polar surface area (TPSA) is 73.0 Å². The van der Waals surface area contributed by atoms with Crippen molar-refractivity contribution in [3.63, 3.8) is 0 Å². The van der Waals surface area contributed by atoms with E-state index < -0.39 is 0 Å². The number of carbonyl (C=O) groups is 1. The normalized spacial score (nSPS) is 14.5. The van der Waals surface area contributed by atoms with E-state index in [1.807, 2.05) is 0 Å². The molecule has 0 saturated heterocycles. The van der Waals surface area contributed by atoms with Crippen molar-refractivity contribution in [1.29, 1.82) is 0 Å². The van der Waals surface area contributed by atoms with E-state index in [1.54, 1.807) is 0 Å². The molecule has 0 radical (unpaired) electrons. The summed E-state index contributed by atoms with van der Waals surface area (Å²) in [6, 6.07) is 0. The van der Waals surface area contributed by atoms with Crippen LogP contribution in [0.25, 0.3) is 0 Å². The van der Waals surface area contributed by atoms with E-state index in [4.69, 9.17) is 0 Å². The molecule has 0 unspecified atom stereocenters. The Kier molecular flexibility index (Phi) is 4.93. The lowest BCUT2D eigenvalue weighted by Crippen LogP contribution is -2.35. The van der Waals surface area contributed by atoms with Crippen LogP contribution in [0.15, 0.2) is 0 Å². The molecule has 0 saturated carbocycles. The van der Waals surface area contributed by atoms with Crippen LogP contribution < -0.4 is 10.6 Å². The Morgan fingerprint density at radius 2 is 2.21 bits per heavy atom. The Labute approximate surface area is 113 Å². The smallest absolute Gasteiger partial charge is 0.272 e. The monoisotopic (exact) mass is 265 g/mol. The van der Waals surface area contributed by atoms with E-state index in [9.17, 15) is 4.79 Å². The molecule has 0 aromatic carbocycles. The number of H-pyrrole nitrogens is 1. The summed E-state index contributed by atoms with van der Waals surface area (Å²) in [6.07, 6.45) is 0.912. The minimum absolute atomic E-state index is 0.0756. The van der Waals surface area contributed by atoms with E-state index in [1.165, 1.54) is 0 Å². The zero-order valence-corrected chi connectivity index (χ0v) is 11.8. The number of rotatable bonds is 6. The van der Waals surface area contributed by atoms with Gasteiger partial charge in [0.1, 0.15) is 0 Å². The van der Waals surface area contributed by atoms with Gasteiger partial charge in [0, 0.05) is 43.9 Å². The van der Waals surface area contributed by atoms with Crippen molar-refractivity contribution in [3.8, 4) is 0 Å². The van der Waals surface area contributed by atoms with Gasteiger partial charge in [-0.3, -0.25) is 9.89 Å². The molecule has 0 fully saturated rings. The van der Waals surface area contributed by atoms with Crippen molar-refractivity contribution in [3.05, 3.63) is 17.0 Å². The Balaban J connectivity index is 1.88. The Morgan fingerprint density at radius 1 is 1.42 bits per heavy atom. The zero-order valence-electron chi connectivity index (χ0n) is 11.8. The number of fused-ring (bicyclic) bond motifs is 1. The van der Waals surface area contributed by atoms with Crippen LogP contribution in [0.1, 0.15) is 35.6 Å². The number of amides is 1. The summed E-state index contributed by atoms with van der Waals surface area (Å²) in [7, 11) is 0. The average Bonchev–Trinajstić information content (AvgIpc) is 2.87. The quantitative estimate of drug-likeness (QED) is 0.683. The first-order valence-corrected chi connectivity index (χ1v) is 7.03. The highest BCUT2D eigenvalue weighted by Crippen LogP contribution is 2.14. The van der Waals surface area contributed by atoms with Crippen molar-refractivity contribution in [2.75, 3.05) is 32.7 Å². The number of nitrogens with zero attached hydrogens (tertiary/aromatic N) is 2. The molecule has 19 heavy (non-hydrogen) atoms. The van der Waals surface area contributed by atoms with Gasteiger partial charge >= 0.3 is 0 Å². The molecule has 0 atom stereocenters. The van der Waals surface area contributed by atoms with Gasteiger partial charge < -0.3 is 15.5 Å². The maximum absolute atomic E-state index is 12.1. The Morgan fingerprint density at radius 3 is 2.95 bits per heavy atom. The van der Waals surface area contributed by atoms with Gasteiger partial charge in [-0.25, -0.2) is 0 Å². The fraction of sp³-hybridized carbons (Fsp3) is 0.692. The standard InChI is InChI=1S/C13H23N5O/c1-3-18(4-2)8-7-15-13(19)12-10-9-14-6-5-11(10)16-17-12/h14H,3-9H2,1-2H3,(H,15,19)(H,16,17). The van der Waals surface area contributed by atoms with E-state index in [0.717, 1.165) is 50.4 Å². The number of nitrogens with one attached hydrogen (secondary N) is 3. The van der Waals surface area contributed by atoms with E-state index in [0.29, 0.717) is 12.2 Å². The van der Waals surface area contributed by atoms with Gasteiger partial charge in [0.25, 0.3) is 5.91 Å². The third kappa shape index (κ3) is 3.33. The van der Waals surface area contributed by atoms with E-state index in [2.05, 4.69) is 39.6 Å². The summed E-state index contributed by atoms with van der Waals surface area (Å²) in [5, 5.41) is 13.3. The second-order valence-corrected chi connectivity index (χ2v) is 4.74.